The van der Waals surface area contributed by atoms with Crippen LogP contribution in [0.3, 0.4) is 0 Å². The van der Waals surface area contributed by atoms with Crippen LogP contribution in [0.25, 0.3) is 0 Å². The van der Waals surface area contributed by atoms with Crippen LogP contribution in [0.4, 0.5) is 0 Å². The van der Waals surface area contributed by atoms with Crippen LogP contribution in [-0.4, -0.2) is 46.2 Å². The van der Waals surface area contributed by atoms with Crippen molar-refractivity contribution in [2.45, 2.75) is 25.9 Å². The first-order valence-corrected chi connectivity index (χ1v) is 3.61. The quantitative estimate of drug-likeness (QED) is 0.541. The summed E-state index contributed by atoms with van der Waals surface area (Å²) in [7, 11) is 0. The van der Waals surface area contributed by atoms with Gasteiger partial charge in [-0.2, -0.15) is 0 Å². The van der Waals surface area contributed by atoms with Gasteiger partial charge in [0.1, 0.15) is 0 Å². The maximum absolute atomic E-state index is 10.5. The molecule has 0 aromatic heterocycles. The fourth-order valence-corrected chi connectivity index (χ4v) is 0.855. The summed E-state index contributed by atoms with van der Waals surface area (Å²) < 4.78 is 0. The summed E-state index contributed by atoms with van der Waals surface area (Å²) in [5, 5.41) is 17.2. The molecule has 0 spiro atoms. The fraction of sp³-hybridized carbons (Fsp3) is 0.714. The van der Waals surface area contributed by atoms with E-state index in [4.69, 9.17) is 10.2 Å². The number of aliphatic carboxylic acids is 1. The van der Waals surface area contributed by atoms with Gasteiger partial charge in [0.05, 0.1) is 6.61 Å². The third kappa shape index (κ3) is 2.50. The molecule has 0 bridgehead atoms. The van der Waals surface area contributed by atoms with Crippen LogP contribution in [0, 0.1) is 0 Å². The molecule has 0 fully saturated rings. The highest BCUT2D eigenvalue weighted by Gasteiger charge is 2.25. The minimum atomic E-state index is -1.20. The van der Waals surface area contributed by atoms with Gasteiger partial charge in [0, 0.05) is 6.04 Å². The van der Waals surface area contributed by atoms with Gasteiger partial charge in [-0.15, -0.1) is 0 Å². The first-order valence-electron chi connectivity index (χ1n) is 3.61. The molecule has 2 N–H and O–H groups in total. The normalized spacial score (nSPS) is 12.7. The van der Waals surface area contributed by atoms with E-state index in [1.807, 2.05) is 0 Å². The topological polar surface area (TPSA) is 77.8 Å². The van der Waals surface area contributed by atoms with E-state index in [2.05, 4.69) is 0 Å². The molecule has 0 radical (unpaired) electrons. The van der Waals surface area contributed by atoms with Gasteiger partial charge in [0.25, 0.3) is 0 Å². The molecule has 0 heterocycles. The Morgan fingerprint density at radius 2 is 2.08 bits per heavy atom. The van der Waals surface area contributed by atoms with Crippen LogP contribution in [0.15, 0.2) is 0 Å². The maximum atomic E-state index is 10.5. The molecule has 0 rings (SSSR count). The highest BCUT2D eigenvalue weighted by Crippen LogP contribution is 2.02. The zero-order chi connectivity index (χ0) is 9.72. The highest BCUT2D eigenvalue weighted by atomic mass is 16.4. The minimum absolute atomic E-state index is 0.226. The summed E-state index contributed by atoms with van der Waals surface area (Å²) in [6.07, 6.45) is 0.430. The van der Waals surface area contributed by atoms with Gasteiger partial charge in [0.15, 0.2) is 6.04 Å². The molecule has 0 aromatic rings. The summed E-state index contributed by atoms with van der Waals surface area (Å²) in [5.74, 6) is -1.20. The van der Waals surface area contributed by atoms with E-state index in [0.29, 0.717) is 6.41 Å². The minimum Gasteiger partial charge on any atom is -0.480 e. The van der Waals surface area contributed by atoms with E-state index in [-0.39, 0.29) is 6.04 Å². The zero-order valence-electron chi connectivity index (χ0n) is 7.10. The number of hydrogen-bond acceptors (Lipinski definition) is 3. The Hall–Kier alpha value is -1.10. The Bertz CT molecular complexity index is 169. The van der Waals surface area contributed by atoms with E-state index < -0.39 is 18.6 Å². The van der Waals surface area contributed by atoms with Crippen LogP contribution in [0.2, 0.25) is 0 Å². The van der Waals surface area contributed by atoms with Gasteiger partial charge >= 0.3 is 5.97 Å². The summed E-state index contributed by atoms with van der Waals surface area (Å²) in [5.41, 5.74) is 0. The largest absolute Gasteiger partial charge is 0.480 e. The average molecular weight is 175 g/mol. The Morgan fingerprint density at radius 3 is 2.17 bits per heavy atom. The van der Waals surface area contributed by atoms with Crippen molar-refractivity contribution < 1.29 is 19.8 Å². The average Bonchev–Trinajstić information content (AvgIpc) is 1.98. The Balaban J connectivity index is 4.43. The lowest BCUT2D eigenvalue weighted by molar-refractivity contribution is -0.149. The molecule has 0 aliphatic carbocycles. The second-order valence-corrected chi connectivity index (χ2v) is 2.68. The molecule has 1 amide bonds. The third-order valence-electron chi connectivity index (χ3n) is 1.54. The van der Waals surface area contributed by atoms with Gasteiger partial charge in [-0.05, 0) is 13.8 Å². The second-order valence-electron chi connectivity index (χ2n) is 2.68. The molecule has 12 heavy (non-hydrogen) atoms. The van der Waals surface area contributed by atoms with Crippen molar-refractivity contribution in [3.63, 3.8) is 0 Å². The van der Waals surface area contributed by atoms with Crippen molar-refractivity contribution in [3.05, 3.63) is 0 Å². The summed E-state index contributed by atoms with van der Waals surface area (Å²) >= 11 is 0. The number of aliphatic hydroxyl groups excluding tert-OH is 1. The van der Waals surface area contributed by atoms with Crippen LogP contribution >= 0.6 is 0 Å². The van der Waals surface area contributed by atoms with E-state index >= 15 is 0 Å². The van der Waals surface area contributed by atoms with E-state index in [0.717, 1.165) is 4.90 Å². The van der Waals surface area contributed by atoms with Gasteiger partial charge in [-0.3, -0.25) is 4.79 Å². The number of carboxylic acid groups (broad SMARTS) is 1. The van der Waals surface area contributed by atoms with E-state index in [1.54, 1.807) is 13.8 Å². The molecule has 0 saturated carbocycles. The maximum Gasteiger partial charge on any atom is 0.328 e. The number of hydrogen-bond donors (Lipinski definition) is 2. The van der Waals surface area contributed by atoms with Gasteiger partial charge in [-0.25, -0.2) is 4.79 Å². The molecule has 1 atom stereocenters. The van der Waals surface area contributed by atoms with Crippen LogP contribution in [-0.2, 0) is 9.59 Å². The number of rotatable bonds is 5. The predicted octanol–water partition coefficient (Wildman–Crippen LogP) is -0.701. The van der Waals surface area contributed by atoms with E-state index in [9.17, 15) is 9.59 Å². The zero-order valence-corrected chi connectivity index (χ0v) is 7.10. The number of aliphatic hydroxyl groups is 1. The summed E-state index contributed by atoms with van der Waals surface area (Å²) in [6.45, 7) is 2.80. The highest BCUT2D eigenvalue weighted by molar-refractivity contribution is 5.76. The van der Waals surface area contributed by atoms with E-state index in [1.165, 1.54) is 0 Å². The Morgan fingerprint density at radius 1 is 1.58 bits per heavy atom. The van der Waals surface area contributed by atoms with Crippen LogP contribution in [0.5, 0.6) is 0 Å². The first-order chi connectivity index (χ1) is 5.54. The predicted molar refractivity (Wildman–Crippen MR) is 41.5 cm³/mol. The lowest BCUT2D eigenvalue weighted by atomic mass is 10.2. The molecular formula is C7H13NO4. The van der Waals surface area contributed by atoms with Crippen molar-refractivity contribution in [2.75, 3.05) is 6.61 Å². The van der Waals surface area contributed by atoms with Gasteiger partial charge < -0.3 is 15.1 Å². The smallest absolute Gasteiger partial charge is 0.328 e. The summed E-state index contributed by atoms with van der Waals surface area (Å²) in [4.78, 5) is 21.9. The molecular weight excluding hydrogens is 162 g/mol. The molecule has 70 valence electrons. The van der Waals surface area contributed by atoms with Crippen molar-refractivity contribution >= 4 is 12.4 Å². The second kappa shape index (κ2) is 4.71. The summed E-state index contributed by atoms with van der Waals surface area (Å²) in [6, 6.07) is -1.36. The molecule has 5 heteroatoms. The van der Waals surface area contributed by atoms with Crippen LogP contribution in [0.1, 0.15) is 13.8 Å². The van der Waals surface area contributed by atoms with Gasteiger partial charge in [0.2, 0.25) is 6.41 Å². The molecule has 0 aliphatic rings. The molecule has 1 unspecified atom stereocenters. The molecule has 5 nitrogen and oxygen atoms in total. The third-order valence-corrected chi connectivity index (χ3v) is 1.54. The SMILES string of the molecule is CC(C)N(C=O)C(CO)C(=O)O. The first kappa shape index (κ1) is 10.9. The van der Waals surface area contributed by atoms with Crippen LogP contribution < -0.4 is 0 Å². The van der Waals surface area contributed by atoms with Crippen molar-refractivity contribution in [1.29, 1.82) is 0 Å². The van der Waals surface area contributed by atoms with Gasteiger partial charge in [-0.1, -0.05) is 0 Å². The standard InChI is InChI=1S/C7H13NO4/c1-5(2)8(4-10)6(3-9)7(11)12/h4-6,9H,3H2,1-2H3,(H,11,12). The number of nitrogens with zero attached hydrogens (tertiary/aromatic N) is 1. The van der Waals surface area contributed by atoms with Crippen molar-refractivity contribution in [2.24, 2.45) is 0 Å². The number of amides is 1. The number of carboxylic acids is 1. The lowest BCUT2D eigenvalue weighted by Crippen LogP contribution is -2.46. The van der Waals surface area contributed by atoms with Crippen molar-refractivity contribution in [3.8, 4) is 0 Å². The Labute approximate surface area is 70.6 Å². The number of carbonyl (C=O) groups excluding carboxylic acids is 1. The monoisotopic (exact) mass is 175 g/mol. The molecule has 0 saturated heterocycles. The molecule has 0 aromatic carbocycles. The Kier molecular flexibility index (Phi) is 4.28. The van der Waals surface area contributed by atoms with Crippen molar-refractivity contribution in [1.82, 2.24) is 4.90 Å². The fourth-order valence-electron chi connectivity index (χ4n) is 0.855. The lowest BCUT2D eigenvalue weighted by Gasteiger charge is -2.26. The molecule has 0 aliphatic heterocycles. The number of carbonyl (C=O) groups is 2.